The number of halogens is 3. The van der Waals surface area contributed by atoms with E-state index < -0.39 is 16.4 Å². The van der Waals surface area contributed by atoms with Gasteiger partial charge in [-0.15, -0.1) is 13.2 Å². The van der Waals surface area contributed by atoms with Gasteiger partial charge >= 0.3 is 6.36 Å². The molecule has 1 aromatic carbocycles. The van der Waals surface area contributed by atoms with Gasteiger partial charge in [-0.3, -0.25) is 0 Å². The van der Waals surface area contributed by atoms with Crippen molar-refractivity contribution >= 4 is 10.0 Å². The van der Waals surface area contributed by atoms with Crippen LogP contribution in [0, 0.1) is 0 Å². The molecule has 0 fully saturated rings. The monoisotopic (exact) mass is 312 g/mol. The van der Waals surface area contributed by atoms with Crippen molar-refractivity contribution in [3.05, 3.63) is 34.6 Å². The van der Waals surface area contributed by atoms with E-state index in [0.29, 0.717) is 12.1 Å². The molecular formula is C11H15F3N2O3S. The standard InChI is InChI=1S/C11H14F3N2O3S/c1-20(17,18)16-7-6-15-8-9-4-2-3-5-10(9)19-11(12,13)14/h2-5,15H,6-8H2,1H3/q-1/p+1. The fourth-order valence-electron chi connectivity index (χ4n) is 1.46. The Balaban J connectivity index is 2.48. The van der Waals surface area contributed by atoms with Gasteiger partial charge in [-0.25, -0.2) is 8.42 Å². The lowest BCUT2D eigenvalue weighted by Crippen LogP contribution is -2.83. The number of para-hydroxylation sites is 1. The minimum Gasteiger partial charge on any atom is -0.545 e. The maximum Gasteiger partial charge on any atom is 0.573 e. The Morgan fingerprint density at radius 1 is 1.30 bits per heavy atom. The largest absolute Gasteiger partial charge is 0.573 e. The van der Waals surface area contributed by atoms with E-state index in [0.717, 1.165) is 6.26 Å². The summed E-state index contributed by atoms with van der Waals surface area (Å²) in [7, 11) is -3.37. The lowest BCUT2D eigenvalue weighted by molar-refractivity contribution is -0.667. The molecular weight excluding hydrogens is 297 g/mol. The average Bonchev–Trinajstić information content (AvgIpc) is 2.27. The van der Waals surface area contributed by atoms with Crippen molar-refractivity contribution in [2.45, 2.75) is 12.9 Å². The lowest BCUT2D eigenvalue weighted by Gasteiger charge is -2.15. The molecule has 0 unspecified atom stereocenters. The first kappa shape index (κ1) is 16.7. The van der Waals surface area contributed by atoms with Crippen LogP contribution in [0.25, 0.3) is 4.72 Å². The Kier molecular flexibility index (Phi) is 5.78. The van der Waals surface area contributed by atoms with Gasteiger partial charge in [-0.2, -0.15) is 0 Å². The van der Waals surface area contributed by atoms with Crippen molar-refractivity contribution in [3.8, 4) is 5.75 Å². The van der Waals surface area contributed by atoms with Gasteiger partial charge in [0.25, 0.3) is 0 Å². The summed E-state index contributed by atoms with van der Waals surface area (Å²) < 4.78 is 65.3. The predicted molar refractivity (Wildman–Crippen MR) is 66.7 cm³/mol. The number of nitrogens with zero attached hydrogens (tertiary/aromatic N) is 1. The van der Waals surface area contributed by atoms with Gasteiger partial charge in [0.2, 0.25) is 0 Å². The van der Waals surface area contributed by atoms with Gasteiger partial charge in [0.05, 0.1) is 16.6 Å². The zero-order valence-electron chi connectivity index (χ0n) is 10.7. The van der Waals surface area contributed by atoms with Gasteiger partial charge in [0.15, 0.2) is 0 Å². The van der Waals surface area contributed by atoms with Crippen molar-refractivity contribution < 1.29 is 31.6 Å². The minimum absolute atomic E-state index is 0.0845. The Hall–Kier alpha value is -1.32. The van der Waals surface area contributed by atoms with Crippen molar-refractivity contribution in [1.29, 1.82) is 0 Å². The number of hydrogen-bond acceptors (Lipinski definition) is 3. The van der Waals surface area contributed by atoms with E-state index in [1.165, 1.54) is 18.2 Å². The lowest BCUT2D eigenvalue weighted by atomic mass is 10.2. The number of benzene rings is 1. The quantitative estimate of drug-likeness (QED) is 0.763. The van der Waals surface area contributed by atoms with Crippen LogP contribution in [-0.4, -0.2) is 34.1 Å². The zero-order chi connectivity index (χ0) is 15.2. The maximum atomic E-state index is 12.2. The summed E-state index contributed by atoms with van der Waals surface area (Å²) in [5.41, 5.74) is 0.379. The van der Waals surface area contributed by atoms with Crippen LogP contribution in [0.1, 0.15) is 5.56 Å². The Labute approximate surface area is 115 Å². The van der Waals surface area contributed by atoms with Crippen LogP contribution in [0.5, 0.6) is 5.75 Å². The first-order valence-electron chi connectivity index (χ1n) is 5.71. The van der Waals surface area contributed by atoms with Crippen molar-refractivity contribution in [2.24, 2.45) is 0 Å². The number of hydrogen-bond donors (Lipinski definition) is 1. The molecule has 20 heavy (non-hydrogen) atoms. The van der Waals surface area contributed by atoms with E-state index >= 15 is 0 Å². The average molecular weight is 312 g/mol. The predicted octanol–water partition coefficient (Wildman–Crippen LogP) is 0.982. The van der Waals surface area contributed by atoms with Gasteiger partial charge in [-0.1, -0.05) is 18.7 Å². The number of nitrogens with two attached hydrogens (primary N) is 1. The highest BCUT2D eigenvalue weighted by molar-refractivity contribution is 7.93. The maximum absolute atomic E-state index is 12.2. The molecule has 2 N–H and O–H groups in total. The van der Waals surface area contributed by atoms with E-state index in [1.54, 1.807) is 11.4 Å². The van der Waals surface area contributed by atoms with E-state index in [4.69, 9.17) is 0 Å². The molecule has 9 heteroatoms. The third kappa shape index (κ3) is 7.31. The summed E-state index contributed by atoms with van der Waals surface area (Å²) in [6.07, 6.45) is -3.75. The highest BCUT2D eigenvalue weighted by Gasteiger charge is 2.32. The molecule has 1 rings (SSSR count). The molecule has 0 amide bonds. The zero-order valence-corrected chi connectivity index (χ0v) is 11.5. The molecule has 114 valence electrons. The summed E-state index contributed by atoms with van der Waals surface area (Å²) >= 11 is 0. The molecule has 0 aliphatic heterocycles. The van der Waals surface area contributed by atoms with Gasteiger partial charge in [-0.05, 0) is 12.1 Å². The summed E-state index contributed by atoms with van der Waals surface area (Å²) in [5.74, 6) is -0.253. The molecule has 1 aromatic rings. The van der Waals surface area contributed by atoms with E-state index in [9.17, 15) is 21.6 Å². The third-order valence-electron chi connectivity index (χ3n) is 2.22. The Morgan fingerprint density at radius 2 is 1.95 bits per heavy atom. The highest BCUT2D eigenvalue weighted by Crippen LogP contribution is 2.25. The third-order valence-corrected chi connectivity index (χ3v) is 2.87. The van der Waals surface area contributed by atoms with Crippen LogP contribution in [0.2, 0.25) is 0 Å². The normalized spacial score (nSPS) is 12.4. The van der Waals surface area contributed by atoms with E-state index in [-0.39, 0.29) is 18.8 Å². The second-order valence-corrected chi connectivity index (χ2v) is 5.75. The van der Waals surface area contributed by atoms with Crippen LogP contribution in [0.3, 0.4) is 0 Å². The summed E-state index contributed by atoms with van der Waals surface area (Å²) in [5, 5.41) is 1.66. The number of rotatable bonds is 7. The topological polar surface area (TPSA) is 74.1 Å². The van der Waals surface area contributed by atoms with E-state index in [1.807, 2.05) is 0 Å². The second-order valence-electron chi connectivity index (χ2n) is 4.02. The molecule has 0 radical (unpaired) electrons. The molecule has 5 nitrogen and oxygen atoms in total. The molecule has 0 aliphatic rings. The van der Waals surface area contributed by atoms with Crippen molar-refractivity contribution in [3.63, 3.8) is 0 Å². The first-order valence-corrected chi connectivity index (χ1v) is 7.56. The minimum atomic E-state index is -4.73. The van der Waals surface area contributed by atoms with Crippen LogP contribution in [0.15, 0.2) is 24.3 Å². The van der Waals surface area contributed by atoms with Crippen molar-refractivity contribution in [1.82, 2.24) is 0 Å². The SMILES string of the molecule is CS(=O)(=O)[N-]CC[NH2+]Cc1ccccc1OC(F)(F)F. The smallest absolute Gasteiger partial charge is 0.545 e. The first-order chi connectivity index (χ1) is 9.17. The molecule has 0 spiro atoms. The Bertz CT molecular complexity index is 532. The second kappa shape index (κ2) is 6.91. The Morgan fingerprint density at radius 3 is 2.55 bits per heavy atom. The van der Waals surface area contributed by atoms with Crippen LogP contribution < -0.4 is 10.1 Å². The van der Waals surface area contributed by atoms with Gasteiger partial charge in [0.1, 0.15) is 12.3 Å². The summed E-state index contributed by atoms with van der Waals surface area (Å²) in [4.78, 5) is 0. The molecule has 0 saturated heterocycles. The molecule has 0 atom stereocenters. The van der Waals surface area contributed by atoms with Crippen molar-refractivity contribution in [2.75, 3.05) is 19.3 Å². The molecule has 0 saturated carbocycles. The molecule has 0 bridgehead atoms. The van der Waals surface area contributed by atoms with Crippen LogP contribution >= 0.6 is 0 Å². The fraction of sp³-hybridized carbons (Fsp3) is 0.455. The highest BCUT2D eigenvalue weighted by atomic mass is 32.2. The van der Waals surface area contributed by atoms with E-state index in [2.05, 4.69) is 9.46 Å². The van der Waals surface area contributed by atoms with Gasteiger partial charge in [0, 0.05) is 11.8 Å². The van der Waals surface area contributed by atoms with Crippen LogP contribution in [0.4, 0.5) is 13.2 Å². The molecule has 0 heterocycles. The van der Waals surface area contributed by atoms with Gasteiger partial charge < -0.3 is 14.8 Å². The number of sulfonamides is 1. The summed E-state index contributed by atoms with van der Waals surface area (Å²) in [6.45, 7) is 0.681. The molecule has 0 aromatic heterocycles. The van der Waals surface area contributed by atoms with Crippen LogP contribution in [-0.2, 0) is 16.6 Å². The fourth-order valence-corrected chi connectivity index (χ4v) is 1.90. The molecule has 0 aliphatic carbocycles. The number of alkyl halides is 3. The number of ether oxygens (including phenoxy) is 1. The number of quaternary nitrogens is 1. The summed E-state index contributed by atoms with van der Waals surface area (Å²) in [6, 6.07) is 5.81.